The number of hydrogen-bond donors (Lipinski definition) is 1. The summed E-state index contributed by atoms with van der Waals surface area (Å²) in [5.74, 6) is 0.687. The number of imidazole rings is 1. The highest BCUT2D eigenvalue weighted by molar-refractivity contribution is 5.40. The molecule has 0 saturated heterocycles. The summed E-state index contributed by atoms with van der Waals surface area (Å²) in [4.78, 5) is 12.6. The molecule has 2 aromatic heterocycles. The highest BCUT2D eigenvalue weighted by Gasteiger charge is 2.19. The molecular formula is C17H18N4O2. The van der Waals surface area contributed by atoms with Gasteiger partial charge in [-0.3, -0.25) is 4.57 Å². The van der Waals surface area contributed by atoms with Gasteiger partial charge in [-0.15, -0.1) is 0 Å². The maximum Gasteiger partial charge on any atom is 0.241 e. The molecule has 0 aliphatic rings. The molecule has 23 heavy (non-hydrogen) atoms. The molecule has 1 N–H and O–H groups in total. The zero-order chi connectivity index (χ0) is 16.2. The predicted molar refractivity (Wildman–Crippen MR) is 85.7 cm³/mol. The van der Waals surface area contributed by atoms with E-state index in [1.165, 1.54) is 0 Å². The minimum atomic E-state index is -0.0678. The summed E-state index contributed by atoms with van der Waals surface area (Å²) in [6.07, 6.45) is 4.91. The largest absolute Gasteiger partial charge is 0.493 e. The van der Waals surface area contributed by atoms with Crippen LogP contribution >= 0.6 is 0 Å². The Labute approximate surface area is 134 Å². The molecule has 0 atom stereocenters. The first-order valence-corrected chi connectivity index (χ1v) is 7.41. The van der Waals surface area contributed by atoms with Gasteiger partial charge in [-0.25, -0.2) is 4.98 Å². The molecule has 0 amide bonds. The topological polar surface area (TPSA) is 73.1 Å². The second-order valence-electron chi connectivity index (χ2n) is 5.46. The van der Waals surface area contributed by atoms with Gasteiger partial charge in [0.2, 0.25) is 17.7 Å². The van der Waals surface area contributed by atoms with E-state index in [1.807, 2.05) is 44.2 Å². The van der Waals surface area contributed by atoms with Crippen molar-refractivity contribution in [1.29, 1.82) is 0 Å². The minimum absolute atomic E-state index is 0.0395. The monoisotopic (exact) mass is 310 g/mol. The third-order valence-electron chi connectivity index (χ3n) is 3.41. The van der Waals surface area contributed by atoms with Crippen LogP contribution in [0.2, 0.25) is 0 Å². The van der Waals surface area contributed by atoms with Crippen molar-refractivity contribution in [2.45, 2.75) is 26.4 Å². The van der Waals surface area contributed by atoms with Gasteiger partial charge in [-0.05, 0) is 11.5 Å². The lowest BCUT2D eigenvalue weighted by Crippen LogP contribution is -2.07. The van der Waals surface area contributed by atoms with Crippen LogP contribution in [0.25, 0.3) is 5.95 Å². The Bertz CT molecular complexity index is 771. The van der Waals surface area contributed by atoms with Gasteiger partial charge in [-0.2, -0.15) is 9.97 Å². The Morgan fingerprint density at radius 1 is 1.17 bits per heavy atom. The molecule has 6 nitrogen and oxygen atoms in total. The average molecular weight is 310 g/mol. The van der Waals surface area contributed by atoms with E-state index >= 15 is 0 Å². The molecular weight excluding hydrogens is 292 g/mol. The van der Waals surface area contributed by atoms with Crippen LogP contribution in [0.4, 0.5) is 0 Å². The lowest BCUT2D eigenvalue weighted by molar-refractivity contribution is 0.284. The minimum Gasteiger partial charge on any atom is -0.493 e. The van der Waals surface area contributed by atoms with Crippen molar-refractivity contribution in [3.63, 3.8) is 0 Å². The zero-order valence-corrected chi connectivity index (χ0v) is 13.0. The van der Waals surface area contributed by atoms with Crippen LogP contribution in [0, 0.1) is 0 Å². The molecule has 118 valence electrons. The number of aromatic hydroxyl groups is 1. The van der Waals surface area contributed by atoms with Gasteiger partial charge in [0.05, 0.1) is 5.56 Å². The standard InChI is InChI=1S/C17H18N4O2/c1-12(2)14-15(22)19-17(21-9-8-18-11-21)20-16(14)23-10-13-6-4-3-5-7-13/h3-9,11-12H,10H2,1-2H3,(H,19,20,22). The molecule has 0 spiro atoms. The third-order valence-corrected chi connectivity index (χ3v) is 3.41. The lowest BCUT2D eigenvalue weighted by atomic mass is 10.1. The molecule has 0 unspecified atom stereocenters. The van der Waals surface area contributed by atoms with E-state index in [9.17, 15) is 5.11 Å². The van der Waals surface area contributed by atoms with E-state index < -0.39 is 0 Å². The maximum atomic E-state index is 10.3. The van der Waals surface area contributed by atoms with Gasteiger partial charge in [0.25, 0.3) is 0 Å². The van der Waals surface area contributed by atoms with E-state index in [1.54, 1.807) is 23.3 Å². The molecule has 0 aliphatic heterocycles. The SMILES string of the molecule is CC(C)c1c(O)nc(-n2ccnc2)nc1OCc1ccccc1. The zero-order valence-electron chi connectivity index (χ0n) is 13.0. The highest BCUT2D eigenvalue weighted by Crippen LogP contribution is 2.32. The third kappa shape index (κ3) is 3.31. The van der Waals surface area contributed by atoms with Crippen molar-refractivity contribution in [3.05, 3.63) is 60.2 Å². The first-order valence-electron chi connectivity index (χ1n) is 7.41. The fraction of sp³-hybridized carbons (Fsp3) is 0.235. The highest BCUT2D eigenvalue weighted by atomic mass is 16.5. The molecule has 0 aliphatic carbocycles. The fourth-order valence-electron chi connectivity index (χ4n) is 2.26. The predicted octanol–water partition coefficient (Wildman–Crippen LogP) is 3.07. The number of ether oxygens (including phenoxy) is 1. The molecule has 2 heterocycles. The van der Waals surface area contributed by atoms with E-state index in [0.717, 1.165) is 5.56 Å². The van der Waals surface area contributed by atoms with E-state index in [4.69, 9.17) is 4.74 Å². The Morgan fingerprint density at radius 2 is 1.96 bits per heavy atom. The first kappa shape index (κ1) is 15.0. The molecule has 3 aromatic rings. The van der Waals surface area contributed by atoms with Gasteiger partial charge < -0.3 is 9.84 Å². The van der Waals surface area contributed by atoms with Crippen LogP contribution in [0.15, 0.2) is 49.1 Å². The normalized spacial score (nSPS) is 10.9. The van der Waals surface area contributed by atoms with E-state index in [2.05, 4.69) is 15.0 Å². The summed E-state index contributed by atoms with van der Waals surface area (Å²) >= 11 is 0. The second-order valence-corrected chi connectivity index (χ2v) is 5.46. The Kier molecular flexibility index (Phi) is 4.23. The van der Waals surface area contributed by atoms with Crippen molar-refractivity contribution >= 4 is 0 Å². The Balaban J connectivity index is 1.95. The summed E-state index contributed by atoms with van der Waals surface area (Å²) in [5, 5.41) is 10.3. The number of rotatable bonds is 5. The summed E-state index contributed by atoms with van der Waals surface area (Å²) in [5.41, 5.74) is 1.63. The van der Waals surface area contributed by atoms with Gasteiger partial charge >= 0.3 is 0 Å². The molecule has 3 rings (SSSR count). The molecule has 6 heteroatoms. The van der Waals surface area contributed by atoms with Crippen molar-refractivity contribution in [2.75, 3.05) is 0 Å². The van der Waals surface area contributed by atoms with Crippen LogP contribution in [0.1, 0.15) is 30.9 Å². The van der Waals surface area contributed by atoms with Crippen LogP contribution < -0.4 is 4.74 Å². The average Bonchev–Trinajstić information content (AvgIpc) is 3.07. The summed E-state index contributed by atoms with van der Waals surface area (Å²) in [6, 6.07) is 9.82. The van der Waals surface area contributed by atoms with Crippen LogP contribution in [0.5, 0.6) is 11.8 Å². The van der Waals surface area contributed by atoms with Crippen LogP contribution in [-0.4, -0.2) is 24.6 Å². The number of nitrogens with zero attached hydrogens (tertiary/aromatic N) is 4. The summed E-state index contributed by atoms with van der Waals surface area (Å²) in [7, 11) is 0. The number of hydrogen-bond acceptors (Lipinski definition) is 5. The smallest absolute Gasteiger partial charge is 0.241 e. The Hall–Kier alpha value is -2.89. The van der Waals surface area contributed by atoms with Gasteiger partial charge in [0, 0.05) is 12.4 Å². The van der Waals surface area contributed by atoms with Gasteiger partial charge in [0.1, 0.15) is 12.9 Å². The summed E-state index contributed by atoms with van der Waals surface area (Å²) in [6.45, 7) is 4.30. The number of benzene rings is 1. The molecule has 0 radical (unpaired) electrons. The first-order chi connectivity index (χ1) is 11.1. The lowest BCUT2D eigenvalue weighted by Gasteiger charge is -2.15. The quantitative estimate of drug-likeness (QED) is 0.784. The number of aromatic nitrogens is 4. The second kappa shape index (κ2) is 6.48. The van der Waals surface area contributed by atoms with Crippen molar-refractivity contribution < 1.29 is 9.84 Å². The molecule has 1 aromatic carbocycles. The van der Waals surface area contributed by atoms with E-state index in [0.29, 0.717) is 24.0 Å². The maximum absolute atomic E-state index is 10.3. The molecule has 0 fully saturated rings. The summed E-state index contributed by atoms with van der Waals surface area (Å²) < 4.78 is 7.48. The Morgan fingerprint density at radius 3 is 2.61 bits per heavy atom. The van der Waals surface area contributed by atoms with Crippen molar-refractivity contribution in [2.24, 2.45) is 0 Å². The van der Waals surface area contributed by atoms with Gasteiger partial charge in [-0.1, -0.05) is 44.2 Å². The van der Waals surface area contributed by atoms with Crippen LogP contribution in [0.3, 0.4) is 0 Å². The van der Waals surface area contributed by atoms with Crippen molar-refractivity contribution in [3.8, 4) is 17.7 Å². The van der Waals surface area contributed by atoms with Gasteiger partial charge in [0.15, 0.2) is 0 Å². The van der Waals surface area contributed by atoms with Crippen LogP contribution in [-0.2, 0) is 6.61 Å². The molecule has 0 saturated carbocycles. The molecule has 0 bridgehead atoms. The van der Waals surface area contributed by atoms with E-state index in [-0.39, 0.29) is 11.8 Å². The fourth-order valence-corrected chi connectivity index (χ4v) is 2.26. The van der Waals surface area contributed by atoms with Crippen molar-refractivity contribution in [1.82, 2.24) is 19.5 Å².